The van der Waals surface area contributed by atoms with Gasteiger partial charge in [0.1, 0.15) is 7.11 Å². The molecule has 0 aliphatic heterocycles. The van der Waals surface area contributed by atoms with Gasteiger partial charge in [0.25, 0.3) is 0 Å². The van der Waals surface area contributed by atoms with Crippen molar-refractivity contribution in [3.8, 4) is 0 Å². The maximum Gasteiger partial charge on any atom is 0.115 e. The Kier molecular flexibility index (Phi) is 3.14. The predicted octanol–water partition coefficient (Wildman–Crippen LogP) is 1.47. The van der Waals surface area contributed by atoms with Gasteiger partial charge in [-0.1, -0.05) is 6.92 Å². The van der Waals surface area contributed by atoms with Gasteiger partial charge in [-0.25, -0.2) is 0 Å². The molecule has 1 unspecified atom stereocenters. The summed E-state index contributed by atoms with van der Waals surface area (Å²) in [5.41, 5.74) is 0. The van der Waals surface area contributed by atoms with Crippen molar-refractivity contribution in [1.29, 1.82) is 0 Å². The molecular weight excluding hydrogens is 76.1 g/mol. The molecule has 1 heteroatoms. The highest BCUT2D eigenvalue weighted by atomic mass is 16.5. The zero-order valence-electron chi connectivity index (χ0n) is 4.27. The second kappa shape index (κ2) is 3.16. The lowest BCUT2D eigenvalue weighted by Crippen LogP contribution is -1.98. The number of hydrogen-bond donors (Lipinski definition) is 0. The molecule has 0 heterocycles. The zero-order valence-corrected chi connectivity index (χ0v) is 4.27. The SMILES string of the molecule is [CH]OC(C)CC. The molecule has 0 rings (SSSR count). The van der Waals surface area contributed by atoms with Crippen LogP contribution in [0.15, 0.2) is 0 Å². The van der Waals surface area contributed by atoms with Gasteiger partial charge in [-0.15, -0.1) is 0 Å². The monoisotopic (exact) mass is 86.1 g/mol. The molecule has 0 fully saturated rings. The van der Waals surface area contributed by atoms with Crippen LogP contribution in [0.25, 0.3) is 0 Å². The molecule has 0 aromatic heterocycles. The van der Waals surface area contributed by atoms with Crippen LogP contribution in [0.2, 0.25) is 0 Å². The van der Waals surface area contributed by atoms with Gasteiger partial charge >= 0.3 is 0 Å². The van der Waals surface area contributed by atoms with E-state index in [2.05, 4.69) is 4.74 Å². The van der Waals surface area contributed by atoms with E-state index in [9.17, 15) is 0 Å². The van der Waals surface area contributed by atoms with E-state index in [4.69, 9.17) is 7.11 Å². The molecule has 0 amide bonds. The third kappa shape index (κ3) is 2.21. The highest BCUT2D eigenvalue weighted by molar-refractivity contribution is 4.40. The van der Waals surface area contributed by atoms with Crippen LogP contribution in [0.3, 0.4) is 0 Å². The Morgan fingerprint density at radius 3 is 2.33 bits per heavy atom. The first-order valence-electron chi connectivity index (χ1n) is 2.16. The molecule has 0 aliphatic rings. The van der Waals surface area contributed by atoms with Crippen molar-refractivity contribution >= 4 is 0 Å². The van der Waals surface area contributed by atoms with Crippen molar-refractivity contribution in [2.75, 3.05) is 0 Å². The van der Waals surface area contributed by atoms with Crippen LogP contribution in [0, 0.1) is 7.11 Å². The van der Waals surface area contributed by atoms with Crippen LogP contribution < -0.4 is 0 Å². The Morgan fingerprint density at radius 2 is 2.33 bits per heavy atom. The summed E-state index contributed by atoms with van der Waals surface area (Å²) in [4.78, 5) is 0. The second-order valence-electron chi connectivity index (χ2n) is 1.35. The van der Waals surface area contributed by atoms with Gasteiger partial charge in [0.2, 0.25) is 0 Å². The van der Waals surface area contributed by atoms with Crippen LogP contribution in [0.4, 0.5) is 0 Å². The molecule has 0 bridgehead atoms. The average molecular weight is 86.1 g/mol. The largest absolute Gasteiger partial charge is 0.370 e. The van der Waals surface area contributed by atoms with E-state index in [1.54, 1.807) is 0 Å². The van der Waals surface area contributed by atoms with E-state index in [0.717, 1.165) is 6.42 Å². The lowest BCUT2D eigenvalue weighted by Gasteiger charge is -2.00. The number of ether oxygens (including phenoxy) is 1. The third-order valence-corrected chi connectivity index (χ3v) is 0.807. The maximum atomic E-state index is 4.78. The Hall–Kier alpha value is -0.0400. The van der Waals surface area contributed by atoms with Crippen molar-refractivity contribution in [1.82, 2.24) is 0 Å². The third-order valence-electron chi connectivity index (χ3n) is 0.807. The molecule has 0 N–H and O–H groups in total. The van der Waals surface area contributed by atoms with Gasteiger partial charge in [0, 0.05) is 0 Å². The molecule has 1 atom stereocenters. The summed E-state index contributed by atoms with van der Waals surface area (Å²) in [6, 6.07) is 0. The summed E-state index contributed by atoms with van der Waals surface area (Å²) >= 11 is 0. The van der Waals surface area contributed by atoms with Crippen LogP contribution in [0.1, 0.15) is 20.3 Å². The van der Waals surface area contributed by atoms with Gasteiger partial charge in [-0.2, -0.15) is 0 Å². The van der Waals surface area contributed by atoms with Crippen LogP contribution in [-0.2, 0) is 4.74 Å². The van der Waals surface area contributed by atoms with Crippen LogP contribution in [-0.4, -0.2) is 6.10 Å². The summed E-state index contributed by atoms with van der Waals surface area (Å²) in [5, 5.41) is 0. The minimum atomic E-state index is 0.213. The van der Waals surface area contributed by atoms with E-state index in [0.29, 0.717) is 0 Å². The second-order valence-corrected chi connectivity index (χ2v) is 1.35. The Morgan fingerprint density at radius 1 is 1.83 bits per heavy atom. The standard InChI is InChI=1S/C5H10O/c1-4-5(2)6-3/h3,5H,4H2,1-2H3. The van der Waals surface area contributed by atoms with E-state index >= 15 is 0 Å². The maximum absolute atomic E-state index is 4.78. The van der Waals surface area contributed by atoms with Gasteiger partial charge in [0.15, 0.2) is 0 Å². The van der Waals surface area contributed by atoms with Crippen molar-refractivity contribution in [3.05, 3.63) is 7.11 Å². The average Bonchev–Trinajstić information content (AvgIpc) is 1.65. The summed E-state index contributed by atoms with van der Waals surface area (Å²) in [6.45, 7) is 3.96. The van der Waals surface area contributed by atoms with E-state index < -0.39 is 0 Å². The summed E-state index contributed by atoms with van der Waals surface area (Å²) < 4.78 is 4.40. The smallest absolute Gasteiger partial charge is 0.115 e. The Labute approximate surface area is 39.3 Å². The number of hydrogen-bond acceptors (Lipinski definition) is 1. The molecule has 0 aliphatic carbocycles. The fraction of sp³-hybridized carbons (Fsp3) is 0.800. The van der Waals surface area contributed by atoms with Gasteiger partial charge in [-0.3, -0.25) is 0 Å². The Balaban J connectivity index is 2.75. The van der Waals surface area contributed by atoms with Crippen molar-refractivity contribution in [2.24, 2.45) is 0 Å². The molecule has 0 aromatic carbocycles. The zero-order chi connectivity index (χ0) is 4.99. The first-order valence-corrected chi connectivity index (χ1v) is 2.16. The molecule has 2 radical (unpaired) electrons. The summed E-state index contributed by atoms with van der Waals surface area (Å²) in [6.07, 6.45) is 1.20. The van der Waals surface area contributed by atoms with E-state index in [1.165, 1.54) is 0 Å². The molecule has 0 spiro atoms. The van der Waals surface area contributed by atoms with Crippen molar-refractivity contribution in [2.45, 2.75) is 26.4 Å². The molecule has 0 saturated heterocycles. The lowest BCUT2D eigenvalue weighted by atomic mass is 10.3. The minimum absolute atomic E-state index is 0.213. The van der Waals surface area contributed by atoms with Crippen LogP contribution in [0.5, 0.6) is 0 Å². The highest BCUT2D eigenvalue weighted by Gasteiger charge is 1.89. The van der Waals surface area contributed by atoms with Crippen molar-refractivity contribution < 1.29 is 4.74 Å². The molecule has 36 valence electrons. The normalized spacial score (nSPS) is 14.5. The lowest BCUT2D eigenvalue weighted by molar-refractivity contribution is 0.151. The fourth-order valence-corrected chi connectivity index (χ4v) is 0.0962. The van der Waals surface area contributed by atoms with Gasteiger partial charge < -0.3 is 4.74 Å². The van der Waals surface area contributed by atoms with Gasteiger partial charge in [-0.05, 0) is 13.3 Å². The first kappa shape index (κ1) is 5.96. The van der Waals surface area contributed by atoms with Gasteiger partial charge in [0.05, 0.1) is 6.10 Å². The first-order chi connectivity index (χ1) is 2.81. The quantitative estimate of drug-likeness (QED) is 0.494. The molecule has 1 nitrogen and oxygen atoms in total. The number of rotatable bonds is 2. The predicted molar refractivity (Wildman–Crippen MR) is 25.1 cm³/mol. The van der Waals surface area contributed by atoms with E-state index in [1.807, 2.05) is 13.8 Å². The Bertz CT molecular complexity index is 23.1. The molecule has 0 aromatic rings. The van der Waals surface area contributed by atoms with E-state index in [-0.39, 0.29) is 6.10 Å². The fourth-order valence-electron chi connectivity index (χ4n) is 0.0962. The van der Waals surface area contributed by atoms with Crippen molar-refractivity contribution in [3.63, 3.8) is 0 Å². The highest BCUT2D eigenvalue weighted by Crippen LogP contribution is 1.91. The topological polar surface area (TPSA) is 9.23 Å². The molecule has 0 saturated carbocycles. The molecular formula is C5H10O. The molecule has 6 heavy (non-hydrogen) atoms. The van der Waals surface area contributed by atoms with Crippen LogP contribution >= 0.6 is 0 Å². The summed E-state index contributed by atoms with van der Waals surface area (Å²) in [5.74, 6) is 0. The minimum Gasteiger partial charge on any atom is -0.370 e. The summed E-state index contributed by atoms with van der Waals surface area (Å²) in [7, 11) is 4.78.